The van der Waals surface area contributed by atoms with Gasteiger partial charge in [-0.25, -0.2) is 0 Å². The monoisotopic (exact) mass is 1070 g/mol. The highest BCUT2D eigenvalue weighted by atomic mass is 15.1. The molecule has 0 aromatic heterocycles. The van der Waals surface area contributed by atoms with Crippen molar-refractivity contribution in [3.05, 3.63) is 384 Å². The fraction of sp³-hybridized carbons (Fsp3) is 0.0244. The zero-order valence-corrected chi connectivity index (χ0v) is 46.2. The van der Waals surface area contributed by atoms with Crippen LogP contribution in [-0.4, -0.2) is 0 Å². The molecule has 84 heavy (non-hydrogen) atoms. The average Bonchev–Trinajstić information content (AvgIpc) is 3.02. The number of fused-ring (bicyclic) bond motifs is 10. The second kappa shape index (κ2) is 20.0. The zero-order valence-electron chi connectivity index (χ0n) is 46.2. The van der Waals surface area contributed by atoms with Crippen molar-refractivity contribution in [1.29, 1.82) is 0 Å². The largest absolute Gasteiger partial charge is 0.310 e. The van der Waals surface area contributed by atoms with E-state index in [1.54, 1.807) is 0 Å². The van der Waals surface area contributed by atoms with Crippen molar-refractivity contribution in [1.82, 2.24) is 0 Å². The topological polar surface area (TPSA) is 6.48 Å². The SMILES string of the molecule is c1ccc(N(c2ccc(-c3ccc(N(c4ccccc4)c4ccc5c(c4)C(c4ccccc4)(c4ccccc4)c4c-5ccc5ccccc45)cc3)cc2)c2ccc3c(c2)C(c2ccccc2)(c2ccccc2)c2c-3ccc3ccccc23)cc1. The van der Waals surface area contributed by atoms with Crippen LogP contribution in [0, 0.1) is 0 Å². The summed E-state index contributed by atoms with van der Waals surface area (Å²) in [6.45, 7) is 0. The molecular weight excluding hydrogens is 1010 g/mol. The van der Waals surface area contributed by atoms with E-state index < -0.39 is 10.8 Å². The van der Waals surface area contributed by atoms with Gasteiger partial charge in [0, 0.05) is 34.1 Å². The maximum Gasteiger partial charge on any atom is 0.0720 e. The molecule has 2 aliphatic rings. The van der Waals surface area contributed by atoms with Gasteiger partial charge in [0.1, 0.15) is 0 Å². The van der Waals surface area contributed by atoms with Crippen molar-refractivity contribution in [3.63, 3.8) is 0 Å². The Morgan fingerprint density at radius 3 is 0.821 bits per heavy atom. The third-order valence-corrected chi connectivity index (χ3v) is 18.0. The summed E-state index contributed by atoms with van der Waals surface area (Å²) in [5.41, 5.74) is 23.0. The van der Waals surface area contributed by atoms with Crippen LogP contribution in [0.1, 0.15) is 44.5 Å². The Morgan fingerprint density at radius 2 is 0.476 bits per heavy atom. The first-order valence-electron chi connectivity index (χ1n) is 29.2. The molecule has 394 valence electrons. The zero-order chi connectivity index (χ0) is 55.6. The Labute approximate surface area is 491 Å². The predicted octanol–water partition coefficient (Wildman–Crippen LogP) is 21.3. The lowest BCUT2D eigenvalue weighted by molar-refractivity contribution is 0.775. The van der Waals surface area contributed by atoms with Crippen LogP contribution in [0.25, 0.3) is 54.9 Å². The summed E-state index contributed by atoms with van der Waals surface area (Å²) in [5, 5.41) is 5.02. The summed E-state index contributed by atoms with van der Waals surface area (Å²) in [5.74, 6) is 0. The van der Waals surface area contributed by atoms with E-state index in [0.717, 1.165) is 45.3 Å². The molecule has 0 N–H and O–H groups in total. The number of para-hydroxylation sites is 2. The molecule has 0 saturated heterocycles. The molecule has 14 aromatic rings. The van der Waals surface area contributed by atoms with Gasteiger partial charge in [0.2, 0.25) is 0 Å². The first-order chi connectivity index (χ1) is 41.7. The molecule has 0 spiro atoms. The molecule has 2 heteroatoms. The third-order valence-electron chi connectivity index (χ3n) is 18.0. The predicted molar refractivity (Wildman–Crippen MR) is 351 cm³/mol. The van der Waals surface area contributed by atoms with Gasteiger partial charge in [0.15, 0.2) is 0 Å². The van der Waals surface area contributed by atoms with Gasteiger partial charge in [-0.1, -0.05) is 267 Å². The van der Waals surface area contributed by atoms with Gasteiger partial charge in [-0.05, 0) is 172 Å². The lowest BCUT2D eigenvalue weighted by Gasteiger charge is -2.35. The molecule has 0 fully saturated rings. The van der Waals surface area contributed by atoms with E-state index >= 15 is 0 Å². The molecule has 2 nitrogen and oxygen atoms in total. The molecule has 2 aliphatic carbocycles. The van der Waals surface area contributed by atoms with Crippen molar-refractivity contribution in [2.24, 2.45) is 0 Å². The van der Waals surface area contributed by atoms with Crippen LogP contribution in [0.15, 0.2) is 340 Å². The Morgan fingerprint density at radius 1 is 0.202 bits per heavy atom. The summed E-state index contributed by atoms with van der Waals surface area (Å²) < 4.78 is 0. The van der Waals surface area contributed by atoms with Gasteiger partial charge in [-0.15, -0.1) is 0 Å². The van der Waals surface area contributed by atoms with Gasteiger partial charge in [0.25, 0.3) is 0 Å². The van der Waals surface area contributed by atoms with E-state index in [4.69, 9.17) is 0 Å². The standard InChI is InChI=1S/C82H56N2/c1-7-25-61(26-8-1)81(62-27-9-2-10-28-62)77-55-69(49-53-73(77)75-51-43-59-23-19-21-37-71(59)79(75)81)83(65-33-15-5-16-34-65)67-45-39-57(40-46-67)58-41-47-68(48-42-58)84(66-35-17-6-18-36-66)70-50-54-74-76-52-44-60-24-20-22-38-72(60)80(76)82(78(74)56-70,63-29-11-3-12-30-63)64-31-13-4-14-32-64/h1-56H. The summed E-state index contributed by atoms with van der Waals surface area (Å²) in [6.07, 6.45) is 0. The van der Waals surface area contributed by atoms with E-state index in [0.29, 0.717) is 0 Å². The number of benzene rings is 14. The first-order valence-corrected chi connectivity index (χ1v) is 29.2. The van der Waals surface area contributed by atoms with Crippen molar-refractivity contribution in [3.8, 4) is 33.4 Å². The van der Waals surface area contributed by atoms with Crippen molar-refractivity contribution in [2.75, 3.05) is 9.80 Å². The molecule has 16 rings (SSSR count). The Kier molecular flexibility index (Phi) is 11.7. The van der Waals surface area contributed by atoms with Gasteiger partial charge < -0.3 is 9.80 Å². The van der Waals surface area contributed by atoms with E-state index in [1.807, 2.05) is 0 Å². The van der Waals surface area contributed by atoms with Gasteiger partial charge in [0.05, 0.1) is 10.8 Å². The van der Waals surface area contributed by atoms with Crippen LogP contribution in [-0.2, 0) is 10.8 Å². The summed E-state index contributed by atoms with van der Waals surface area (Å²) in [6, 6.07) is 126. The molecule has 0 amide bonds. The average molecular weight is 1070 g/mol. The van der Waals surface area contributed by atoms with Crippen LogP contribution in [0.5, 0.6) is 0 Å². The molecule has 0 radical (unpaired) electrons. The fourth-order valence-corrected chi connectivity index (χ4v) is 14.4. The van der Waals surface area contributed by atoms with Crippen molar-refractivity contribution < 1.29 is 0 Å². The Hall–Kier alpha value is -10.8. The highest BCUT2D eigenvalue weighted by Crippen LogP contribution is 2.61. The molecule has 0 heterocycles. The fourth-order valence-electron chi connectivity index (χ4n) is 14.4. The van der Waals surface area contributed by atoms with E-state index in [9.17, 15) is 0 Å². The van der Waals surface area contributed by atoms with Gasteiger partial charge in [-0.3, -0.25) is 0 Å². The maximum atomic E-state index is 2.47. The lowest BCUT2D eigenvalue weighted by Crippen LogP contribution is -2.29. The molecule has 0 unspecified atom stereocenters. The normalized spacial score (nSPS) is 13.2. The second-order valence-electron chi connectivity index (χ2n) is 22.3. The highest BCUT2D eigenvalue weighted by molar-refractivity contribution is 6.03. The van der Waals surface area contributed by atoms with Crippen molar-refractivity contribution in [2.45, 2.75) is 10.8 Å². The minimum Gasteiger partial charge on any atom is -0.310 e. The number of nitrogens with zero attached hydrogens (tertiary/aromatic N) is 2. The second-order valence-corrected chi connectivity index (χ2v) is 22.3. The summed E-state index contributed by atoms with van der Waals surface area (Å²) in [4.78, 5) is 4.82. The van der Waals surface area contributed by atoms with Crippen LogP contribution < -0.4 is 9.80 Å². The lowest BCUT2D eigenvalue weighted by atomic mass is 9.66. The highest BCUT2D eigenvalue weighted by Gasteiger charge is 2.49. The molecule has 0 bridgehead atoms. The molecular formula is C82H56N2. The van der Waals surface area contributed by atoms with E-state index in [1.165, 1.54) is 88.3 Å². The number of rotatable bonds is 11. The molecule has 0 saturated carbocycles. The minimum atomic E-state index is -0.574. The van der Waals surface area contributed by atoms with Crippen LogP contribution in [0.4, 0.5) is 34.1 Å². The maximum absolute atomic E-state index is 2.47. The third kappa shape index (κ3) is 7.58. The molecule has 14 aromatic carbocycles. The van der Waals surface area contributed by atoms with Crippen LogP contribution in [0.3, 0.4) is 0 Å². The summed E-state index contributed by atoms with van der Waals surface area (Å²) >= 11 is 0. The van der Waals surface area contributed by atoms with Crippen LogP contribution in [0.2, 0.25) is 0 Å². The van der Waals surface area contributed by atoms with E-state index in [2.05, 4.69) is 350 Å². The number of hydrogen-bond donors (Lipinski definition) is 0. The number of hydrogen-bond acceptors (Lipinski definition) is 2. The van der Waals surface area contributed by atoms with E-state index in [-0.39, 0.29) is 0 Å². The minimum absolute atomic E-state index is 0.574. The smallest absolute Gasteiger partial charge is 0.0720 e. The van der Waals surface area contributed by atoms with Gasteiger partial charge >= 0.3 is 0 Å². The number of anilines is 6. The van der Waals surface area contributed by atoms with Crippen LogP contribution >= 0.6 is 0 Å². The summed E-state index contributed by atoms with van der Waals surface area (Å²) in [7, 11) is 0. The van der Waals surface area contributed by atoms with Crippen molar-refractivity contribution >= 4 is 55.7 Å². The Bertz CT molecular complexity index is 4350. The van der Waals surface area contributed by atoms with Gasteiger partial charge in [-0.2, -0.15) is 0 Å². The first kappa shape index (κ1) is 49.1. The quantitative estimate of drug-likeness (QED) is 0.127. The molecule has 0 atom stereocenters. The molecule has 0 aliphatic heterocycles. The Balaban J connectivity index is 0.795.